The van der Waals surface area contributed by atoms with Gasteiger partial charge in [-0.05, 0) is 28.1 Å². The Bertz CT molecular complexity index is 590. The molecule has 0 aliphatic carbocycles. The fraction of sp³-hybridized carbons (Fsp3) is 0.100. The Morgan fingerprint density at radius 2 is 1.72 bits per heavy atom. The van der Waals surface area contributed by atoms with Crippen molar-refractivity contribution in [3.63, 3.8) is 0 Å². The number of benzene rings is 1. The van der Waals surface area contributed by atoms with E-state index >= 15 is 0 Å². The molecule has 1 aromatic heterocycles. The molecule has 0 fully saturated rings. The number of rotatable bonds is 1. The predicted molar refractivity (Wildman–Crippen MR) is 56.6 cm³/mol. The van der Waals surface area contributed by atoms with E-state index < -0.39 is 34.6 Å². The molecular weight excluding hydrogens is 323 g/mol. The monoisotopic (exact) mass is 326 g/mol. The first kappa shape index (κ1) is 13.0. The van der Waals surface area contributed by atoms with Crippen LogP contribution in [0.4, 0.5) is 22.0 Å². The summed E-state index contributed by atoms with van der Waals surface area (Å²) in [7, 11) is 0. The fourth-order valence-corrected chi connectivity index (χ4v) is 1.75. The maximum atomic E-state index is 13.6. The first-order valence-electron chi connectivity index (χ1n) is 4.57. The minimum atomic E-state index is -4.72. The summed E-state index contributed by atoms with van der Waals surface area (Å²) in [5.41, 5.74) is -2.26. The molecule has 0 amide bonds. The standard InChI is InChI=1S/C10H4BrF5N2/c11-6-2-1-4(7(12)8(6)13)5-3-17-18-9(5)10(14,15)16/h1-3H,(H,17,18). The van der Waals surface area contributed by atoms with E-state index in [2.05, 4.69) is 21.0 Å². The van der Waals surface area contributed by atoms with E-state index in [9.17, 15) is 22.0 Å². The number of hydrogen-bond acceptors (Lipinski definition) is 1. The van der Waals surface area contributed by atoms with Crippen LogP contribution in [0.15, 0.2) is 22.8 Å². The molecule has 1 aromatic carbocycles. The van der Waals surface area contributed by atoms with Crippen LogP contribution in [-0.2, 0) is 6.18 Å². The highest BCUT2D eigenvalue weighted by molar-refractivity contribution is 9.10. The number of H-pyrrole nitrogens is 1. The molecular formula is C10H4BrF5N2. The second-order valence-corrected chi connectivity index (χ2v) is 4.23. The van der Waals surface area contributed by atoms with Crippen molar-refractivity contribution in [3.8, 4) is 11.1 Å². The normalized spacial score (nSPS) is 11.9. The number of nitrogens with one attached hydrogen (secondary N) is 1. The number of halogens is 6. The molecule has 0 aliphatic heterocycles. The Morgan fingerprint density at radius 1 is 1.06 bits per heavy atom. The summed E-state index contributed by atoms with van der Waals surface area (Å²) in [5, 5.41) is 4.94. The number of hydrogen-bond donors (Lipinski definition) is 1. The molecule has 1 heterocycles. The zero-order valence-electron chi connectivity index (χ0n) is 8.45. The van der Waals surface area contributed by atoms with Gasteiger partial charge in [-0.3, -0.25) is 5.10 Å². The van der Waals surface area contributed by atoms with Crippen LogP contribution >= 0.6 is 15.9 Å². The smallest absolute Gasteiger partial charge is 0.273 e. The van der Waals surface area contributed by atoms with Crippen molar-refractivity contribution in [2.75, 3.05) is 0 Å². The largest absolute Gasteiger partial charge is 0.433 e. The summed E-state index contributed by atoms with van der Waals surface area (Å²) >= 11 is 2.74. The first-order chi connectivity index (χ1) is 8.32. The molecule has 0 aliphatic rings. The third kappa shape index (κ3) is 2.12. The summed E-state index contributed by atoms with van der Waals surface area (Å²) in [6.45, 7) is 0. The average Bonchev–Trinajstić information content (AvgIpc) is 2.74. The van der Waals surface area contributed by atoms with Crippen molar-refractivity contribution in [3.05, 3.63) is 40.1 Å². The van der Waals surface area contributed by atoms with Crippen molar-refractivity contribution in [1.82, 2.24) is 10.2 Å². The van der Waals surface area contributed by atoms with Gasteiger partial charge >= 0.3 is 6.18 Å². The van der Waals surface area contributed by atoms with Crippen LogP contribution in [0.1, 0.15) is 5.69 Å². The van der Waals surface area contributed by atoms with Crippen LogP contribution in [0.2, 0.25) is 0 Å². The van der Waals surface area contributed by atoms with Crippen molar-refractivity contribution in [1.29, 1.82) is 0 Å². The maximum Gasteiger partial charge on any atom is 0.433 e. The van der Waals surface area contributed by atoms with Gasteiger partial charge in [-0.15, -0.1) is 0 Å². The lowest BCUT2D eigenvalue weighted by Crippen LogP contribution is -2.08. The first-order valence-corrected chi connectivity index (χ1v) is 5.36. The van der Waals surface area contributed by atoms with Crippen LogP contribution in [0.5, 0.6) is 0 Å². The quantitative estimate of drug-likeness (QED) is 0.619. The van der Waals surface area contributed by atoms with E-state index in [1.54, 1.807) is 5.10 Å². The van der Waals surface area contributed by atoms with Gasteiger partial charge in [-0.2, -0.15) is 18.3 Å². The van der Waals surface area contributed by atoms with Crippen molar-refractivity contribution in [2.24, 2.45) is 0 Å². The van der Waals surface area contributed by atoms with E-state index in [0.29, 0.717) is 0 Å². The number of alkyl halides is 3. The summed E-state index contributed by atoms with van der Waals surface area (Å²) in [4.78, 5) is 0. The summed E-state index contributed by atoms with van der Waals surface area (Å²) in [5.74, 6) is -2.61. The van der Waals surface area contributed by atoms with E-state index in [-0.39, 0.29) is 4.47 Å². The predicted octanol–water partition coefficient (Wildman–Crippen LogP) is 4.14. The highest BCUT2D eigenvalue weighted by Crippen LogP contribution is 2.37. The Balaban J connectivity index is 2.64. The number of aromatic nitrogens is 2. The lowest BCUT2D eigenvalue weighted by atomic mass is 10.1. The molecule has 0 unspecified atom stereocenters. The molecule has 0 saturated heterocycles. The summed E-state index contributed by atoms with van der Waals surface area (Å²) in [6.07, 6.45) is -3.92. The van der Waals surface area contributed by atoms with Gasteiger partial charge < -0.3 is 0 Å². The van der Waals surface area contributed by atoms with Crippen LogP contribution < -0.4 is 0 Å². The van der Waals surface area contributed by atoms with Gasteiger partial charge in [0.05, 0.1) is 10.7 Å². The van der Waals surface area contributed by atoms with Crippen LogP contribution in [0.25, 0.3) is 11.1 Å². The van der Waals surface area contributed by atoms with Gasteiger partial charge in [0.1, 0.15) is 5.69 Å². The molecule has 18 heavy (non-hydrogen) atoms. The topological polar surface area (TPSA) is 28.7 Å². The van der Waals surface area contributed by atoms with Crippen molar-refractivity contribution >= 4 is 15.9 Å². The molecule has 0 radical (unpaired) electrons. The van der Waals surface area contributed by atoms with Gasteiger partial charge in [0.2, 0.25) is 0 Å². The Hall–Kier alpha value is -1.44. The zero-order valence-corrected chi connectivity index (χ0v) is 10.0. The molecule has 8 heteroatoms. The van der Waals surface area contributed by atoms with Gasteiger partial charge in [0.15, 0.2) is 11.6 Å². The summed E-state index contributed by atoms with van der Waals surface area (Å²) in [6, 6.07) is 2.17. The Morgan fingerprint density at radius 3 is 2.33 bits per heavy atom. The van der Waals surface area contributed by atoms with Gasteiger partial charge in [-0.1, -0.05) is 0 Å². The number of nitrogens with zero attached hydrogens (tertiary/aromatic N) is 1. The number of aromatic amines is 1. The minimum Gasteiger partial charge on any atom is -0.273 e. The molecule has 1 N–H and O–H groups in total. The molecule has 96 valence electrons. The maximum absolute atomic E-state index is 13.6. The molecule has 2 rings (SSSR count). The molecule has 0 atom stereocenters. The van der Waals surface area contributed by atoms with Gasteiger partial charge in [-0.25, -0.2) is 8.78 Å². The summed E-state index contributed by atoms with van der Waals surface area (Å²) < 4.78 is 64.4. The third-order valence-electron chi connectivity index (χ3n) is 2.25. The van der Waals surface area contributed by atoms with Crippen molar-refractivity contribution < 1.29 is 22.0 Å². The highest BCUT2D eigenvalue weighted by atomic mass is 79.9. The fourth-order valence-electron chi connectivity index (χ4n) is 1.44. The van der Waals surface area contributed by atoms with Crippen LogP contribution in [0, 0.1) is 11.6 Å². The van der Waals surface area contributed by atoms with E-state index in [1.807, 2.05) is 0 Å². The van der Waals surface area contributed by atoms with Crippen molar-refractivity contribution in [2.45, 2.75) is 6.18 Å². The zero-order chi connectivity index (χ0) is 13.5. The molecule has 0 spiro atoms. The highest BCUT2D eigenvalue weighted by Gasteiger charge is 2.36. The second-order valence-electron chi connectivity index (χ2n) is 3.38. The molecule has 0 bridgehead atoms. The molecule has 0 saturated carbocycles. The SMILES string of the molecule is Fc1c(Br)ccc(-c2cn[nH]c2C(F)(F)F)c1F. The van der Waals surface area contributed by atoms with Crippen LogP contribution in [-0.4, -0.2) is 10.2 Å². The Kier molecular flexibility index (Phi) is 3.14. The van der Waals surface area contributed by atoms with Crippen LogP contribution in [0.3, 0.4) is 0 Å². The lowest BCUT2D eigenvalue weighted by molar-refractivity contribution is -0.140. The second kappa shape index (κ2) is 4.34. The average molecular weight is 327 g/mol. The lowest BCUT2D eigenvalue weighted by Gasteiger charge is -2.08. The molecule has 2 nitrogen and oxygen atoms in total. The molecule has 2 aromatic rings. The van der Waals surface area contributed by atoms with Gasteiger partial charge in [0.25, 0.3) is 0 Å². The van der Waals surface area contributed by atoms with E-state index in [1.165, 1.54) is 0 Å². The third-order valence-corrected chi connectivity index (χ3v) is 2.86. The van der Waals surface area contributed by atoms with E-state index in [0.717, 1.165) is 18.3 Å². The van der Waals surface area contributed by atoms with E-state index in [4.69, 9.17) is 0 Å². The Labute approximate surface area is 106 Å². The minimum absolute atomic E-state index is 0.166. The van der Waals surface area contributed by atoms with Gasteiger partial charge in [0, 0.05) is 11.1 Å².